The number of ether oxygens (including phenoxy) is 1. The summed E-state index contributed by atoms with van der Waals surface area (Å²) in [6.07, 6.45) is 3.13. The third-order valence-corrected chi connectivity index (χ3v) is 4.57. The van der Waals surface area contributed by atoms with Crippen molar-refractivity contribution in [2.75, 3.05) is 13.1 Å². The minimum Gasteiger partial charge on any atom is -0.444 e. The predicted molar refractivity (Wildman–Crippen MR) is 83.5 cm³/mol. The fraction of sp³-hybridized carbons (Fsp3) is 0.611. The van der Waals surface area contributed by atoms with E-state index in [1.807, 2.05) is 32.9 Å². The van der Waals surface area contributed by atoms with Gasteiger partial charge >= 0.3 is 6.09 Å². The molecule has 3 nitrogen and oxygen atoms in total. The van der Waals surface area contributed by atoms with Crippen LogP contribution < -0.4 is 0 Å². The predicted octanol–water partition coefficient (Wildman–Crippen LogP) is 4.43. The van der Waals surface area contributed by atoms with Gasteiger partial charge in [-0.25, -0.2) is 9.18 Å². The molecule has 2 fully saturated rings. The van der Waals surface area contributed by atoms with Crippen molar-refractivity contribution in [2.24, 2.45) is 0 Å². The highest BCUT2D eigenvalue weighted by molar-refractivity contribution is 5.69. The van der Waals surface area contributed by atoms with Crippen molar-refractivity contribution < 1.29 is 13.9 Å². The molecule has 0 spiro atoms. The minimum absolute atomic E-state index is 0.0853. The fourth-order valence-electron chi connectivity index (χ4n) is 3.01. The number of amides is 1. The Morgan fingerprint density at radius 3 is 2.41 bits per heavy atom. The molecule has 0 radical (unpaired) electrons. The molecule has 0 unspecified atom stereocenters. The summed E-state index contributed by atoms with van der Waals surface area (Å²) in [5, 5.41) is 0. The standard InChI is InChI=1S/C18H24FNO2/c1-18(2,3)22-17(21)20-10-14(11-20)13-7-8-15(16(19)9-13)12-5-4-6-12/h7-9,12,14H,4-6,10-11H2,1-3H3. The lowest BCUT2D eigenvalue weighted by atomic mass is 9.79. The van der Waals surface area contributed by atoms with E-state index in [2.05, 4.69) is 0 Å². The second kappa shape index (κ2) is 5.56. The number of carbonyl (C=O) groups is 1. The van der Waals surface area contributed by atoms with Crippen molar-refractivity contribution in [2.45, 2.75) is 57.5 Å². The number of benzene rings is 1. The van der Waals surface area contributed by atoms with Crippen molar-refractivity contribution in [3.05, 3.63) is 35.1 Å². The number of carbonyl (C=O) groups excluding carboxylic acids is 1. The molecule has 120 valence electrons. The summed E-state index contributed by atoms with van der Waals surface area (Å²) >= 11 is 0. The summed E-state index contributed by atoms with van der Waals surface area (Å²) < 4.78 is 19.6. The molecule has 4 heteroatoms. The van der Waals surface area contributed by atoms with Crippen LogP contribution in [0.25, 0.3) is 0 Å². The maximum absolute atomic E-state index is 14.2. The average Bonchev–Trinajstić information content (AvgIpc) is 2.25. The topological polar surface area (TPSA) is 29.5 Å². The minimum atomic E-state index is -0.474. The van der Waals surface area contributed by atoms with Crippen LogP contribution in [0.15, 0.2) is 18.2 Å². The van der Waals surface area contributed by atoms with Gasteiger partial charge in [-0.05, 0) is 56.7 Å². The van der Waals surface area contributed by atoms with Gasteiger partial charge in [-0.2, -0.15) is 0 Å². The van der Waals surface area contributed by atoms with E-state index in [4.69, 9.17) is 4.74 Å². The quantitative estimate of drug-likeness (QED) is 0.809. The van der Waals surface area contributed by atoms with Gasteiger partial charge in [-0.1, -0.05) is 18.6 Å². The van der Waals surface area contributed by atoms with Crippen molar-refractivity contribution in [1.82, 2.24) is 4.90 Å². The van der Waals surface area contributed by atoms with E-state index in [0.717, 1.165) is 24.0 Å². The maximum atomic E-state index is 14.2. The van der Waals surface area contributed by atoms with E-state index < -0.39 is 5.60 Å². The van der Waals surface area contributed by atoms with Crippen LogP contribution in [-0.4, -0.2) is 29.7 Å². The molecule has 1 saturated heterocycles. The highest BCUT2D eigenvalue weighted by Gasteiger charge is 2.35. The molecule has 1 amide bonds. The zero-order chi connectivity index (χ0) is 15.9. The normalized spacial score (nSPS) is 19.5. The van der Waals surface area contributed by atoms with Crippen LogP contribution in [0.5, 0.6) is 0 Å². The molecule has 2 aliphatic rings. The zero-order valence-electron chi connectivity index (χ0n) is 13.6. The molecular formula is C18H24FNO2. The highest BCUT2D eigenvalue weighted by atomic mass is 19.1. The lowest BCUT2D eigenvalue weighted by Crippen LogP contribution is -2.50. The lowest BCUT2D eigenvalue weighted by molar-refractivity contribution is 0.00818. The SMILES string of the molecule is CC(C)(C)OC(=O)N1CC(c2ccc(C3CCC3)c(F)c2)C1. The molecule has 1 heterocycles. The number of nitrogens with zero attached hydrogens (tertiary/aromatic N) is 1. The molecule has 1 aromatic carbocycles. The summed E-state index contributed by atoms with van der Waals surface area (Å²) in [4.78, 5) is 13.6. The molecule has 1 aromatic rings. The third-order valence-electron chi connectivity index (χ3n) is 4.57. The molecule has 1 aliphatic heterocycles. The van der Waals surface area contributed by atoms with E-state index in [9.17, 15) is 9.18 Å². The Labute approximate surface area is 131 Å². The Morgan fingerprint density at radius 2 is 1.91 bits per heavy atom. The van der Waals surface area contributed by atoms with Crippen molar-refractivity contribution in [1.29, 1.82) is 0 Å². The van der Waals surface area contributed by atoms with Gasteiger partial charge in [0.2, 0.25) is 0 Å². The number of hydrogen-bond donors (Lipinski definition) is 0. The highest BCUT2D eigenvalue weighted by Crippen LogP contribution is 2.39. The van der Waals surface area contributed by atoms with E-state index in [-0.39, 0.29) is 17.8 Å². The first-order valence-electron chi connectivity index (χ1n) is 8.11. The Kier molecular flexibility index (Phi) is 3.87. The van der Waals surface area contributed by atoms with Gasteiger partial charge in [0, 0.05) is 19.0 Å². The van der Waals surface area contributed by atoms with Crippen molar-refractivity contribution in [3.8, 4) is 0 Å². The second-order valence-corrected chi connectivity index (χ2v) is 7.49. The van der Waals surface area contributed by atoms with Gasteiger partial charge in [-0.3, -0.25) is 0 Å². The zero-order valence-corrected chi connectivity index (χ0v) is 13.6. The molecule has 22 heavy (non-hydrogen) atoms. The molecular weight excluding hydrogens is 281 g/mol. The third kappa shape index (κ3) is 3.11. The molecule has 0 N–H and O–H groups in total. The van der Waals surface area contributed by atoms with Crippen LogP contribution in [0.4, 0.5) is 9.18 Å². The number of rotatable bonds is 2. The summed E-state index contributed by atoms with van der Waals surface area (Å²) in [7, 11) is 0. The summed E-state index contributed by atoms with van der Waals surface area (Å²) in [6.45, 7) is 6.79. The Morgan fingerprint density at radius 1 is 1.23 bits per heavy atom. The maximum Gasteiger partial charge on any atom is 0.410 e. The van der Waals surface area contributed by atoms with Crippen LogP contribution in [0.1, 0.15) is 63.0 Å². The first kappa shape index (κ1) is 15.3. The molecule has 1 saturated carbocycles. The van der Waals surface area contributed by atoms with Gasteiger partial charge in [0.1, 0.15) is 11.4 Å². The van der Waals surface area contributed by atoms with Gasteiger partial charge in [0.05, 0.1) is 0 Å². The van der Waals surface area contributed by atoms with Crippen LogP contribution in [0.2, 0.25) is 0 Å². The van der Waals surface area contributed by atoms with Gasteiger partial charge in [-0.15, -0.1) is 0 Å². The van der Waals surface area contributed by atoms with Gasteiger partial charge in [0.15, 0.2) is 0 Å². The van der Waals surface area contributed by atoms with E-state index in [0.29, 0.717) is 19.0 Å². The molecule has 1 aliphatic carbocycles. The number of hydrogen-bond acceptors (Lipinski definition) is 2. The van der Waals surface area contributed by atoms with Gasteiger partial charge in [0.25, 0.3) is 0 Å². The van der Waals surface area contributed by atoms with E-state index >= 15 is 0 Å². The molecule has 0 atom stereocenters. The van der Waals surface area contributed by atoms with Crippen LogP contribution in [-0.2, 0) is 4.74 Å². The molecule has 0 bridgehead atoms. The summed E-state index contributed by atoms with van der Waals surface area (Å²) in [5.74, 6) is 0.545. The largest absolute Gasteiger partial charge is 0.444 e. The van der Waals surface area contributed by atoms with E-state index in [1.165, 1.54) is 6.42 Å². The van der Waals surface area contributed by atoms with Gasteiger partial charge < -0.3 is 9.64 Å². The van der Waals surface area contributed by atoms with Crippen LogP contribution >= 0.6 is 0 Å². The number of likely N-dealkylation sites (tertiary alicyclic amines) is 1. The lowest BCUT2D eigenvalue weighted by Gasteiger charge is -2.40. The van der Waals surface area contributed by atoms with Crippen molar-refractivity contribution in [3.63, 3.8) is 0 Å². The fourth-order valence-corrected chi connectivity index (χ4v) is 3.01. The molecule has 3 rings (SSSR count). The molecule has 0 aromatic heterocycles. The smallest absolute Gasteiger partial charge is 0.410 e. The summed E-state index contributed by atoms with van der Waals surface area (Å²) in [6, 6.07) is 5.61. The monoisotopic (exact) mass is 305 g/mol. The summed E-state index contributed by atoms with van der Waals surface area (Å²) in [5.41, 5.74) is 1.37. The van der Waals surface area contributed by atoms with Crippen LogP contribution in [0.3, 0.4) is 0 Å². The van der Waals surface area contributed by atoms with E-state index in [1.54, 1.807) is 11.0 Å². The Bertz CT molecular complexity index is 569. The second-order valence-electron chi connectivity index (χ2n) is 7.49. The Balaban J connectivity index is 1.58. The first-order valence-corrected chi connectivity index (χ1v) is 8.11. The number of halogens is 1. The van der Waals surface area contributed by atoms with Crippen molar-refractivity contribution >= 4 is 6.09 Å². The first-order chi connectivity index (χ1) is 10.3. The van der Waals surface area contributed by atoms with Crippen LogP contribution in [0, 0.1) is 5.82 Å². The Hall–Kier alpha value is -1.58. The average molecular weight is 305 g/mol.